The lowest BCUT2D eigenvalue weighted by molar-refractivity contribution is -0.134. The minimum atomic E-state index is -0.962. The standard InChI is InChI=1S/C18H21Cl2NO6/c1-18(2,3)27-17(24)21-10-12(6-8-15(22)25-4)26-16(23)13-7-5-11(19)9-14(13)20/h5-9,12H,10H2,1-4H3,(H,21,24)/b8-6+/t12-/m1/s1. The van der Waals surface area contributed by atoms with Gasteiger partial charge in [-0.3, -0.25) is 0 Å². The second-order valence-corrected chi connectivity index (χ2v) is 7.18. The van der Waals surface area contributed by atoms with E-state index in [1.165, 1.54) is 31.4 Å². The lowest BCUT2D eigenvalue weighted by Gasteiger charge is -2.21. The zero-order chi connectivity index (χ0) is 20.6. The van der Waals surface area contributed by atoms with E-state index in [9.17, 15) is 14.4 Å². The van der Waals surface area contributed by atoms with Crippen molar-refractivity contribution < 1.29 is 28.6 Å². The summed E-state index contributed by atoms with van der Waals surface area (Å²) in [5.41, 5.74) is -0.593. The maximum absolute atomic E-state index is 12.3. The van der Waals surface area contributed by atoms with Crippen LogP contribution in [0.25, 0.3) is 0 Å². The Bertz CT molecular complexity index is 727. The lowest BCUT2D eigenvalue weighted by atomic mass is 10.2. The molecule has 7 nitrogen and oxygen atoms in total. The molecule has 0 aliphatic rings. The third kappa shape index (κ3) is 8.79. The molecule has 1 aromatic carbocycles. The fraction of sp³-hybridized carbons (Fsp3) is 0.389. The van der Waals surface area contributed by atoms with Crippen molar-refractivity contribution in [3.8, 4) is 0 Å². The van der Waals surface area contributed by atoms with E-state index in [-0.39, 0.29) is 17.1 Å². The fourth-order valence-electron chi connectivity index (χ4n) is 1.76. The number of nitrogens with one attached hydrogen (secondary N) is 1. The highest BCUT2D eigenvalue weighted by Crippen LogP contribution is 2.22. The van der Waals surface area contributed by atoms with Crippen LogP contribution in [0.15, 0.2) is 30.4 Å². The minimum absolute atomic E-state index is 0.0924. The zero-order valence-electron chi connectivity index (χ0n) is 15.4. The molecule has 0 radical (unpaired) electrons. The van der Waals surface area contributed by atoms with Crippen molar-refractivity contribution in [2.24, 2.45) is 0 Å². The number of alkyl carbamates (subject to hydrolysis) is 1. The topological polar surface area (TPSA) is 90.9 Å². The molecule has 0 aliphatic heterocycles. The van der Waals surface area contributed by atoms with Gasteiger partial charge >= 0.3 is 18.0 Å². The number of esters is 2. The number of carbonyl (C=O) groups is 3. The molecular weight excluding hydrogens is 397 g/mol. The largest absolute Gasteiger partial charge is 0.466 e. The van der Waals surface area contributed by atoms with Crippen molar-refractivity contribution in [1.29, 1.82) is 0 Å². The van der Waals surface area contributed by atoms with E-state index in [0.29, 0.717) is 5.02 Å². The van der Waals surface area contributed by atoms with E-state index in [0.717, 1.165) is 6.08 Å². The first-order valence-corrected chi connectivity index (χ1v) is 8.66. The average Bonchev–Trinajstić information content (AvgIpc) is 2.55. The van der Waals surface area contributed by atoms with Gasteiger partial charge < -0.3 is 19.5 Å². The summed E-state index contributed by atoms with van der Waals surface area (Å²) in [4.78, 5) is 35.4. The van der Waals surface area contributed by atoms with Gasteiger partial charge in [0.05, 0.1) is 24.2 Å². The van der Waals surface area contributed by atoms with Crippen LogP contribution in [-0.2, 0) is 19.0 Å². The van der Waals surface area contributed by atoms with Crippen LogP contribution in [0, 0.1) is 0 Å². The summed E-state index contributed by atoms with van der Waals surface area (Å²) in [6.45, 7) is 5.01. The van der Waals surface area contributed by atoms with Gasteiger partial charge in [0, 0.05) is 11.1 Å². The summed E-state index contributed by atoms with van der Waals surface area (Å²) < 4.78 is 14.9. The van der Waals surface area contributed by atoms with Gasteiger partial charge in [0.2, 0.25) is 0 Å². The molecule has 0 saturated carbocycles. The summed E-state index contributed by atoms with van der Waals surface area (Å²) >= 11 is 11.8. The van der Waals surface area contributed by atoms with Crippen molar-refractivity contribution in [2.75, 3.05) is 13.7 Å². The monoisotopic (exact) mass is 417 g/mol. The number of halogens is 2. The number of amides is 1. The lowest BCUT2D eigenvalue weighted by Crippen LogP contribution is -2.38. The molecule has 0 aliphatic carbocycles. The maximum atomic E-state index is 12.3. The number of benzene rings is 1. The number of carbonyl (C=O) groups excluding carboxylic acids is 3. The van der Waals surface area contributed by atoms with Gasteiger partial charge in [0.15, 0.2) is 0 Å². The van der Waals surface area contributed by atoms with Gasteiger partial charge in [-0.1, -0.05) is 23.2 Å². The molecule has 1 aromatic rings. The van der Waals surface area contributed by atoms with Gasteiger partial charge in [0.1, 0.15) is 11.7 Å². The van der Waals surface area contributed by atoms with Crippen LogP contribution < -0.4 is 5.32 Å². The van der Waals surface area contributed by atoms with Crippen LogP contribution in [0.3, 0.4) is 0 Å². The summed E-state index contributed by atoms with van der Waals surface area (Å²) in [5, 5.41) is 2.95. The number of hydrogen-bond donors (Lipinski definition) is 1. The minimum Gasteiger partial charge on any atom is -0.466 e. The van der Waals surface area contributed by atoms with Crippen LogP contribution in [0.1, 0.15) is 31.1 Å². The van der Waals surface area contributed by atoms with Crippen molar-refractivity contribution in [3.63, 3.8) is 0 Å². The number of hydrogen-bond acceptors (Lipinski definition) is 6. The molecule has 0 unspecified atom stereocenters. The molecule has 0 aromatic heterocycles. The maximum Gasteiger partial charge on any atom is 0.407 e. The Morgan fingerprint density at radius 1 is 1.22 bits per heavy atom. The van der Waals surface area contributed by atoms with Gasteiger partial charge in [-0.2, -0.15) is 0 Å². The second-order valence-electron chi connectivity index (χ2n) is 6.33. The molecule has 148 valence electrons. The highest BCUT2D eigenvalue weighted by atomic mass is 35.5. The molecule has 0 spiro atoms. The van der Waals surface area contributed by atoms with Crippen molar-refractivity contribution in [1.82, 2.24) is 5.32 Å². The van der Waals surface area contributed by atoms with E-state index in [1.54, 1.807) is 20.8 Å². The molecule has 1 rings (SSSR count). The third-order valence-corrected chi connectivity index (χ3v) is 3.45. The van der Waals surface area contributed by atoms with Crippen LogP contribution >= 0.6 is 23.2 Å². The SMILES string of the molecule is COC(=O)/C=C/[C@H](CNC(=O)OC(C)(C)C)OC(=O)c1ccc(Cl)cc1Cl. The average molecular weight is 418 g/mol. The Kier molecular flexibility index (Phi) is 8.59. The van der Waals surface area contributed by atoms with Gasteiger partial charge in [-0.25, -0.2) is 14.4 Å². The predicted molar refractivity (Wildman–Crippen MR) is 101 cm³/mol. The summed E-state index contributed by atoms with van der Waals surface area (Å²) in [6.07, 6.45) is 0.707. The van der Waals surface area contributed by atoms with Crippen LogP contribution in [-0.4, -0.2) is 43.4 Å². The van der Waals surface area contributed by atoms with Crippen molar-refractivity contribution >= 4 is 41.2 Å². The van der Waals surface area contributed by atoms with E-state index < -0.39 is 29.7 Å². The summed E-state index contributed by atoms with van der Waals surface area (Å²) in [6, 6.07) is 4.30. The Labute approximate surface area is 167 Å². The zero-order valence-corrected chi connectivity index (χ0v) is 16.9. The summed E-state index contributed by atoms with van der Waals surface area (Å²) in [7, 11) is 1.21. The first kappa shape index (κ1) is 22.8. The predicted octanol–water partition coefficient (Wildman–Crippen LogP) is 3.77. The molecule has 1 amide bonds. The third-order valence-electron chi connectivity index (χ3n) is 2.90. The number of methoxy groups -OCH3 is 1. The quantitative estimate of drug-likeness (QED) is 0.430. The molecule has 27 heavy (non-hydrogen) atoms. The van der Waals surface area contributed by atoms with Gasteiger partial charge in [0.25, 0.3) is 0 Å². The molecule has 0 saturated heterocycles. The summed E-state index contributed by atoms with van der Waals surface area (Å²) in [5.74, 6) is -1.39. The van der Waals surface area contributed by atoms with E-state index in [1.807, 2.05) is 0 Å². The Morgan fingerprint density at radius 2 is 1.89 bits per heavy atom. The molecule has 0 heterocycles. The van der Waals surface area contributed by atoms with E-state index in [4.69, 9.17) is 32.7 Å². The van der Waals surface area contributed by atoms with E-state index >= 15 is 0 Å². The molecule has 0 fully saturated rings. The first-order valence-electron chi connectivity index (χ1n) is 7.91. The smallest absolute Gasteiger partial charge is 0.407 e. The van der Waals surface area contributed by atoms with Gasteiger partial charge in [-0.15, -0.1) is 0 Å². The van der Waals surface area contributed by atoms with Gasteiger partial charge in [-0.05, 0) is 45.0 Å². The Hall–Kier alpha value is -2.25. The van der Waals surface area contributed by atoms with Crippen molar-refractivity contribution in [3.05, 3.63) is 46.0 Å². The van der Waals surface area contributed by atoms with Crippen LogP contribution in [0.4, 0.5) is 4.79 Å². The molecule has 0 bridgehead atoms. The normalized spacial score (nSPS) is 12.4. The highest BCUT2D eigenvalue weighted by Gasteiger charge is 2.20. The molecule has 1 atom stereocenters. The fourth-order valence-corrected chi connectivity index (χ4v) is 2.24. The van der Waals surface area contributed by atoms with Crippen LogP contribution in [0.2, 0.25) is 10.0 Å². The van der Waals surface area contributed by atoms with Crippen LogP contribution in [0.5, 0.6) is 0 Å². The first-order chi connectivity index (χ1) is 12.5. The van der Waals surface area contributed by atoms with E-state index in [2.05, 4.69) is 10.1 Å². The molecule has 1 N–H and O–H groups in total. The van der Waals surface area contributed by atoms with Crippen molar-refractivity contribution in [2.45, 2.75) is 32.5 Å². The number of rotatable bonds is 6. The number of ether oxygens (including phenoxy) is 3. The second kappa shape index (κ2) is 10.2. The Morgan fingerprint density at radius 3 is 2.44 bits per heavy atom. The Balaban J connectivity index is 2.84. The highest BCUT2D eigenvalue weighted by molar-refractivity contribution is 6.36. The molecular formula is C18H21Cl2NO6. The molecule has 9 heteroatoms.